The predicted octanol–water partition coefficient (Wildman–Crippen LogP) is 4.89. The van der Waals surface area contributed by atoms with Crippen LogP contribution in [0.5, 0.6) is 0 Å². The van der Waals surface area contributed by atoms with Gasteiger partial charge in [-0.1, -0.05) is 78.9 Å². The summed E-state index contributed by atoms with van der Waals surface area (Å²) in [6, 6.07) is 31.6. The van der Waals surface area contributed by atoms with Gasteiger partial charge in [0.05, 0.1) is 6.04 Å². The molecule has 0 fully saturated rings. The van der Waals surface area contributed by atoms with Crippen molar-refractivity contribution in [2.45, 2.75) is 6.04 Å². The highest BCUT2D eigenvalue weighted by atomic mass is 15.1. The minimum absolute atomic E-state index is 0.166. The lowest BCUT2D eigenvalue weighted by Gasteiger charge is -2.21. The lowest BCUT2D eigenvalue weighted by molar-refractivity contribution is 0.939. The van der Waals surface area contributed by atoms with E-state index < -0.39 is 0 Å². The number of hydrogen-bond acceptors (Lipinski definition) is 1. The third kappa shape index (κ3) is 2.89. The maximum atomic E-state index is 3.61. The third-order valence-electron chi connectivity index (χ3n) is 3.35. The van der Waals surface area contributed by atoms with Crippen LogP contribution in [0.15, 0.2) is 91.0 Å². The molecule has 0 aliphatic heterocycles. The molecule has 3 aromatic rings. The Hall–Kier alpha value is -2.54. The molecule has 0 aliphatic rings. The summed E-state index contributed by atoms with van der Waals surface area (Å²) >= 11 is 0. The molecule has 0 heterocycles. The van der Waals surface area contributed by atoms with Gasteiger partial charge in [-0.2, -0.15) is 0 Å². The van der Waals surface area contributed by atoms with Gasteiger partial charge in [-0.3, -0.25) is 0 Å². The molecule has 0 amide bonds. The van der Waals surface area contributed by atoms with Crippen molar-refractivity contribution in [3.63, 3.8) is 0 Å². The number of anilines is 1. The zero-order chi connectivity index (χ0) is 13.6. The molecule has 0 atom stereocenters. The van der Waals surface area contributed by atoms with E-state index in [2.05, 4.69) is 78.1 Å². The van der Waals surface area contributed by atoms with Crippen molar-refractivity contribution in [3.05, 3.63) is 102 Å². The van der Waals surface area contributed by atoms with Crippen LogP contribution in [0.2, 0.25) is 0 Å². The summed E-state index contributed by atoms with van der Waals surface area (Å²) in [5, 5.41) is 3.61. The molecular formula is C19H17N. The molecule has 0 bridgehead atoms. The third-order valence-corrected chi connectivity index (χ3v) is 3.35. The molecule has 0 aromatic heterocycles. The van der Waals surface area contributed by atoms with Crippen LogP contribution in [0.1, 0.15) is 17.2 Å². The highest BCUT2D eigenvalue weighted by Crippen LogP contribution is 2.26. The number of rotatable bonds is 4. The summed E-state index contributed by atoms with van der Waals surface area (Å²) in [7, 11) is 0. The van der Waals surface area contributed by atoms with E-state index in [1.165, 1.54) is 11.1 Å². The van der Waals surface area contributed by atoms with Gasteiger partial charge >= 0.3 is 0 Å². The molecule has 1 nitrogen and oxygen atoms in total. The van der Waals surface area contributed by atoms with Gasteiger partial charge in [-0.25, -0.2) is 0 Å². The van der Waals surface area contributed by atoms with Gasteiger partial charge in [0.2, 0.25) is 0 Å². The molecule has 0 spiro atoms. The number of benzene rings is 3. The van der Waals surface area contributed by atoms with Gasteiger partial charge in [0, 0.05) is 5.69 Å². The van der Waals surface area contributed by atoms with Crippen LogP contribution in [0, 0.1) is 0 Å². The Kier molecular flexibility index (Phi) is 3.79. The molecule has 1 heteroatoms. The topological polar surface area (TPSA) is 12.0 Å². The van der Waals surface area contributed by atoms with Crippen LogP contribution >= 0.6 is 0 Å². The van der Waals surface area contributed by atoms with Crippen LogP contribution in [0.4, 0.5) is 5.69 Å². The van der Waals surface area contributed by atoms with E-state index in [0.717, 1.165) is 5.69 Å². The SMILES string of the molecule is c1ccc(N[13CH](c2ccccc2)c2ccccc2)cc1. The van der Waals surface area contributed by atoms with Crippen molar-refractivity contribution in [1.29, 1.82) is 0 Å². The lowest BCUT2D eigenvalue weighted by atomic mass is 10.2. The van der Waals surface area contributed by atoms with Crippen LogP contribution < -0.4 is 5.32 Å². The Morgan fingerprint density at radius 2 is 0.900 bits per heavy atom. The van der Waals surface area contributed by atoms with Gasteiger partial charge in [0.25, 0.3) is 0 Å². The van der Waals surface area contributed by atoms with Crippen molar-refractivity contribution in [1.82, 2.24) is 0 Å². The minimum Gasteiger partial charge on any atom is -0.374 e. The monoisotopic (exact) mass is 260 g/mol. The van der Waals surface area contributed by atoms with Gasteiger partial charge < -0.3 is 5.32 Å². The molecule has 0 unspecified atom stereocenters. The van der Waals surface area contributed by atoms with E-state index in [9.17, 15) is 0 Å². The van der Waals surface area contributed by atoms with Gasteiger partial charge in [-0.15, -0.1) is 0 Å². The Balaban J connectivity index is 1.96. The second-order valence-corrected chi connectivity index (χ2v) is 4.76. The molecule has 3 rings (SSSR count). The standard InChI is InChI=1S/C19H17N/c1-4-10-16(11-5-1)19(17-12-6-2-7-13-17)20-18-14-8-3-9-15-18/h1-15,19-20H/i19+1. The quantitative estimate of drug-likeness (QED) is 0.659. The Morgan fingerprint density at radius 3 is 1.35 bits per heavy atom. The van der Waals surface area contributed by atoms with E-state index >= 15 is 0 Å². The maximum Gasteiger partial charge on any atom is 0.0767 e. The average Bonchev–Trinajstić information content (AvgIpc) is 2.55. The number of hydrogen-bond donors (Lipinski definition) is 1. The summed E-state index contributed by atoms with van der Waals surface area (Å²) in [4.78, 5) is 0. The largest absolute Gasteiger partial charge is 0.374 e. The van der Waals surface area contributed by atoms with Crippen molar-refractivity contribution in [2.75, 3.05) is 5.32 Å². The molecule has 1 N–H and O–H groups in total. The van der Waals surface area contributed by atoms with E-state index in [0.29, 0.717) is 0 Å². The summed E-state index contributed by atoms with van der Waals surface area (Å²) in [6.07, 6.45) is 0. The van der Waals surface area contributed by atoms with Crippen molar-refractivity contribution in [2.24, 2.45) is 0 Å². The smallest absolute Gasteiger partial charge is 0.0767 e. The molecule has 3 aromatic carbocycles. The Labute approximate surface area is 119 Å². The summed E-state index contributed by atoms with van der Waals surface area (Å²) in [6.45, 7) is 0. The predicted molar refractivity (Wildman–Crippen MR) is 84.8 cm³/mol. The first-order valence-corrected chi connectivity index (χ1v) is 6.85. The molecule has 0 aliphatic carbocycles. The number of nitrogens with one attached hydrogen (secondary N) is 1. The van der Waals surface area contributed by atoms with Gasteiger partial charge in [-0.05, 0) is 23.3 Å². The molecule has 0 radical (unpaired) electrons. The fourth-order valence-electron chi connectivity index (χ4n) is 2.35. The Bertz CT molecular complexity index is 593. The second kappa shape index (κ2) is 6.07. The lowest BCUT2D eigenvalue weighted by Crippen LogP contribution is -2.12. The van der Waals surface area contributed by atoms with Crippen molar-refractivity contribution in [3.8, 4) is 0 Å². The Morgan fingerprint density at radius 1 is 0.500 bits per heavy atom. The fourth-order valence-corrected chi connectivity index (χ4v) is 2.35. The summed E-state index contributed by atoms with van der Waals surface area (Å²) in [5.41, 5.74) is 3.66. The first-order chi connectivity index (χ1) is 9.93. The highest BCUT2D eigenvalue weighted by molar-refractivity contribution is 5.48. The molecule has 20 heavy (non-hydrogen) atoms. The zero-order valence-corrected chi connectivity index (χ0v) is 11.2. The van der Waals surface area contributed by atoms with Crippen LogP contribution in [0.3, 0.4) is 0 Å². The molecule has 0 saturated carbocycles. The zero-order valence-electron chi connectivity index (χ0n) is 11.2. The first-order valence-electron chi connectivity index (χ1n) is 6.85. The highest BCUT2D eigenvalue weighted by Gasteiger charge is 2.12. The van der Waals surface area contributed by atoms with Crippen molar-refractivity contribution < 1.29 is 0 Å². The van der Waals surface area contributed by atoms with Crippen LogP contribution in [0.25, 0.3) is 0 Å². The van der Waals surface area contributed by atoms with E-state index in [1.807, 2.05) is 18.2 Å². The van der Waals surface area contributed by atoms with E-state index in [-0.39, 0.29) is 6.04 Å². The van der Waals surface area contributed by atoms with E-state index in [4.69, 9.17) is 0 Å². The molecular weight excluding hydrogens is 243 g/mol. The fraction of sp³-hybridized carbons (Fsp3) is 0.0526. The van der Waals surface area contributed by atoms with Gasteiger partial charge in [0.15, 0.2) is 0 Å². The van der Waals surface area contributed by atoms with Crippen LogP contribution in [-0.2, 0) is 0 Å². The molecule has 98 valence electrons. The van der Waals surface area contributed by atoms with E-state index in [1.54, 1.807) is 0 Å². The molecule has 0 saturated heterocycles. The maximum absolute atomic E-state index is 3.61. The van der Waals surface area contributed by atoms with Crippen molar-refractivity contribution >= 4 is 5.69 Å². The summed E-state index contributed by atoms with van der Waals surface area (Å²) < 4.78 is 0. The first kappa shape index (κ1) is 12.5. The second-order valence-electron chi connectivity index (χ2n) is 4.76. The minimum atomic E-state index is 0.166. The summed E-state index contributed by atoms with van der Waals surface area (Å²) in [5.74, 6) is 0. The average molecular weight is 260 g/mol. The van der Waals surface area contributed by atoms with Crippen LogP contribution in [-0.4, -0.2) is 0 Å². The number of para-hydroxylation sites is 1. The van der Waals surface area contributed by atoms with Gasteiger partial charge in [0.1, 0.15) is 0 Å². The normalized spacial score (nSPS) is 10.4.